The van der Waals surface area contributed by atoms with Crippen molar-refractivity contribution in [3.63, 3.8) is 0 Å². The number of aromatic nitrogens is 5. The highest BCUT2D eigenvalue weighted by Gasteiger charge is 2.19. The molecule has 1 aliphatic heterocycles. The number of fused-ring (bicyclic) bond motifs is 1. The van der Waals surface area contributed by atoms with Gasteiger partial charge in [-0.25, -0.2) is 9.67 Å². The number of amides is 2. The van der Waals surface area contributed by atoms with Gasteiger partial charge in [-0.15, -0.1) is 0 Å². The minimum atomic E-state index is -0.595. The normalized spacial score (nSPS) is 14.0. The Morgan fingerprint density at radius 2 is 2.24 bits per heavy atom. The van der Waals surface area contributed by atoms with Crippen molar-refractivity contribution in [1.29, 1.82) is 0 Å². The molecule has 3 rings (SSSR count). The molecule has 0 atom stereocenters. The van der Waals surface area contributed by atoms with E-state index in [9.17, 15) is 9.59 Å². The van der Waals surface area contributed by atoms with Crippen molar-refractivity contribution in [3.05, 3.63) is 23.9 Å². The molecule has 2 aromatic rings. The molecule has 0 radical (unpaired) electrons. The lowest BCUT2D eigenvalue weighted by atomic mass is 10.3. The summed E-state index contributed by atoms with van der Waals surface area (Å²) in [5.74, 6) is 0.589. The minimum Gasteiger partial charge on any atom is -0.363 e. The van der Waals surface area contributed by atoms with Crippen LogP contribution in [0.2, 0.25) is 0 Å². The number of nitrogens with one attached hydrogen (secondary N) is 1. The SMILES string of the molecule is Cc1cc2n(n1)CCCC(=O)N2C.NC(=O)c1ncn[nH]1. The molecule has 3 heterocycles. The van der Waals surface area contributed by atoms with Crippen LogP contribution in [0.5, 0.6) is 0 Å². The van der Waals surface area contributed by atoms with E-state index in [0.717, 1.165) is 24.5 Å². The fourth-order valence-electron chi connectivity index (χ4n) is 1.97. The number of H-pyrrole nitrogens is 1. The summed E-state index contributed by atoms with van der Waals surface area (Å²) in [7, 11) is 1.81. The summed E-state index contributed by atoms with van der Waals surface area (Å²) < 4.78 is 1.90. The van der Waals surface area contributed by atoms with Crippen LogP contribution in [-0.4, -0.2) is 43.8 Å². The smallest absolute Gasteiger partial charge is 0.286 e. The van der Waals surface area contributed by atoms with Crippen LogP contribution < -0.4 is 10.6 Å². The first-order valence-corrected chi connectivity index (χ1v) is 6.45. The summed E-state index contributed by atoms with van der Waals surface area (Å²) in [6.45, 7) is 2.79. The number of carbonyl (C=O) groups excluding carboxylic acids is 2. The van der Waals surface area contributed by atoms with E-state index in [1.165, 1.54) is 6.33 Å². The highest BCUT2D eigenvalue weighted by molar-refractivity contribution is 5.92. The zero-order chi connectivity index (χ0) is 15.4. The summed E-state index contributed by atoms with van der Waals surface area (Å²) in [6.07, 6.45) is 2.73. The van der Waals surface area contributed by atoms with Crippen molar-refractivity contribution in [2.24, 2.45) is 5.73 Å². The lowest BCUT2D eigenvalue weighted by Gasteiger charge is -2.13. The average Bonchev–Trinajstić information content (AvgIpc) is 3.05. The third kappa shape index (κ3) is 3.44. The fourth-order valence-corrected chi connectivity index (χ4v) is 1.97. The number of primary amides is 1. The third-order valence-corrected chi connectivity index (χ3v) is 3.01. The molecular formula is C12H17N7O2. The average molecular weight is 291 g/mol. The van der Waals surface area contributed by atoms with Gasteiger partial charge in [-0.3, -0.25) is 14.7 Å². The first kappa shape index (κ1) is 14.7. The molecule has 0 aromatic carbocycles. The van der Waals surface area contributed by atoms with Gasteiger partial charge in [0.2, 0.25) is 11.7 Å². The standard InChI is InChI=1S/C9H13N3O.C3H4N4O/c1-7-6-8-11(2)9(13)4-3-5-12(8)10-7;4-2(8)3-5-1-6-7-3/h6H,3-5H2,1-2H3;1H,(H2,4,8)(H,5,6,7). The molecule has 0 fully saturated rings. The molecule has 0 spiro atoms. The molecule has 2 aromatic heterocycles. The second-order valence-electron chi connectivity index (χ2n) is 4.62. The van der Waals surface area contributed by atoms with Crippen LogP contribution in [0.1, 0.15) is 29.2 Å². The van der Waals surface area contributed by atoms with E-state index in [1.54, 1.807) is 11.9 Å². The Morgan fingerprint density at radius 1 is 1.48 bits per heavy atom. The van der Waals surface area contributed by atoms with Crippen LogP contribution in [0.3, 0.4) is 0 Å². The van der Waals surface area contributed by atoms with Crippen molar-refractivity contribution in [1.82, 2.24) is 25.0 Å². The molecule has 0 saturated heterocycles. The van der Waals surface area contributed by atoms with Crippen LogP contribution in [0.15, 0.2) is 12.4 Å². The zero-order valence-corrected chi connectivity index (χ0v) is 11.9. The van der Waals surface area contributed by atoms with Gasteiger partial charge in [0, 0.05) is 26.1 Å². The molecule has 0 unspecified atom stereocenters. The first-order valence-electron chi connectivity index (χ1n) is 6.45. The predicted molar refractivity (Wildman–Crippen MR) is 74.5 cm³/mol. The summed E-state index contributed by atoms with van der Waals surface area (Å²) in [6, 6.07) is 1.95. The number of aryl methyl sites for hydroxylation is 2. The summed E-state index contributed by atoms with van der Waals surface area (Å²) in [5.41, 5.74) is 5.75. The number of nitrogens with two attached hydrogens (primary N) is 1. The number of nitrogens with zero attached hydrogens (tertiary/aromatic N) is 5. The Morgan fingerprint density at radius 3 is 2.81 bits per heavy atom. The van der Waals surface area contributed by atoms with Crippen molar-refractivity contribution in [3.8, 4) is 0 Å². The Balaban J connectivity index is 0.000000173. The van der Waals surface area contributed by atoms with Gasteiger partial charge in [-0.2, -0.15) is 10.2 Å². The molecule has 0 saturated carbocycles. The van der Waals surface area contributed by atoms with Gasteiger partial charge in [0.25, 0.3) is 5.91 Å². The summed E-state index contributed by atoms with van der Waals surface area (Å²) >= 11 is 0. The first-order chi connectivity index (χ1) is 9.99. The number of carbonyl (C=O) groups is 2. The third-order valence-electron chi connectivity index (χ3n) is 3.01. The molecule has 112 valence electrons. The van der Waals surface area contributed by atoms with Gasteiger partial charge in [-0.05, 0) is 13.3 Å². The highest BCUT2D eigenvalue weighted by atomic mass is 16.2. The number of rotatable bonds is 1. The number of hydrogen-bond donors (Lipinski definition) is 2. The van der Waals surface area contributed by atoms with Crippen molar-refractivity contribution < 1.29 is 9.59 Å². The van der Waals surface area contributed by atoms with E-state index < -0.39 is 5.91 Å². The van der Waals surface area contributed by atoms with Crippen molar-refractivity contribution in [2.75, 3.05) is 11.9 Å². The van der Waals surface area contributed by atoms with E-state index in [1.807, 2.05) is 17.7 Å². The van der Waals surface area contributed by atoms with Crippen LogP contribution in [-0.2, 0) is 11.3 Å². The lowest BCUT2D eigenvalue weighted by Crippen LogP contribution is -2.25. The molecule has 0 aliphatic carbocycles. The van der Waals surface area contributed by atoms with E-state index in [2.05, 4.69) is 20.3 Å². The summed E-state index contributed by atoms with van der Waals surface area (Å²) in [5, 5.41) is 10.0. The van der Waals surface area contributed by atoms with Gasteiger partial charge >= 0.3 is 0 Å². The van der Waals surface area contributed by atoms with Gasteiger partial charge in [0.1, 0.15) is 12.1 Å². The van der Waals surface area contributed by atoms with E-state index in [0.29, 0.717) is 6.42 Å². The quantitative estimate of drug-likeness (QED) is 0.756. The number of anilines is 1. The number of aromatic amines is 1. The molecular weight excluding hydrogens is 274 g/mol. The Labute approximate surface area is 121 Å². The maximum Gasteiger partial charge on any atom is 0.286 e. The van der Waals surface area contributed by atoms with Gasteiger partial charge in [0.05, 0.1) is 5.69 Å². The lowest BCUT2D eigenvalue weighted by molar-refractivity contribution is -0.118. The van der Waals surface area contributed by atoms with E-state index >= 15 is 0 Å². The van der Waals surface area contributed by atoms with E-state index in [4.69, 9.17) is 5.73 Å². The van der Waals surface area contributed by atoms with Gasteiger partial charge in [-0.1, -0.05) is 0 Å². The Hall–Kier alpha value is -2.71. The maximum absolute atomic E-state index is 11.5. The van der Waals surface area contributed by atoms with Crippen LogP contribution >= 0.6 is 0 Å². The maximum atomic E-state index is 11.5. The molecule has 9 heteroatoms. The topological polar surface area (TPSA) is 123 Å². The fraction of sp³-hybridized carbons (Fsp3) is 0.417. The van der Waals surface area contributed by atoms with Crippen LogP contribution in [0, 0.1) is 6.92 Å². The minimum absolute atomic E-state index is 0.0880. The predicted octanol–water partition coefficient (Wildman–Crippen LogP) is -0.148. The van der Waals surface area contributed by atoms with Crippen molar-refractivity contribution >= 4 is 17.6 Å². The second-order valence-corrected chi connectivity index (χ2v) is 4.62. The molecule has 0 bridgehead atoms. The number of hydrogen-bond acceptors (Lipinski definition) is 5. The molecule has 3 N–H and O–H groups in total. The molecule has 1 aliphatic rings. The Bertz CT molecular complexity index is 632. The van der Waals surface area contributed by atoms with Crippen molar-refractivity contribution in [2.45, 2.75) is 26.3 Å². The second kappa shape index (κ2) is 6.16. The largest absolute Gasteiger partial charge is 0.363 e. The molecule has 9 nitrogen and oxygen atoms in total. The summed E-state index contributed by atoms with van der Waals surface area (Å²) in [4.78, 5) is 26.8. The monoisotopic (exact) mass is 291 g/mol. The van der Waals surface area contributed by atoms with Gasteiger partial charge in [0.15, 0.2) is 0 Å². The van der Waals surface area contributed by atoms with Crippen LogP contribution in [0.4, 0.5) is 5.82 Å². The molecule has 2 amide bonds. The van der Waals surface area contributed by atoms with Crippen LogP contribution in [0.25, 0.3) is 0 Å². The highest BCUT2D eigenvalue weighted by Crippen LogP contribution is 2.19. The Kier molecular flexibility index (Phi) is 4.31. The van der Waals surface area contributed by atoms with E-state index in [-0.39, 0.29) is 11.7 Å². The van der Waals surface area contributed by atoms with Gasteiger partial charge < -0.3 is 10.6 Å². The molecule has 21 heavy (non-hydrogen) atoms. The zero-order valence-electron chi connectivity index (χ0n) is 11.9.